The molecule has 1 heterocycles. The molecule has 2 aromatic carbocycles. The number of aromatic nitrogens is 2. The van der Waals surface area contributed by atoms with Gasteiger partial charge in [0.2, 0.25) is 5.91 Å². The van der Waals surface area contributed by atoms with E-state index in [0.717, 1.165) is 0 Å². The van der Waals surface area contributed by atoms with Crippen molar-refractivity contribution in [2.24, 2.45) is 7.05 Å². The quantitative estimate of drug-likeness (QED) is 0.735. The molecule has 3 aromatic rings. The second-order valence-corrected chi connectivity index (χ2v) is 6.01. The molecule has 1 amide bonds. The third kappa shape index (κ3) is 3.96. The number of imidazole rings is 1. The Morgan fingerprint density at radius 3 is 2.46 bits per heavy atom. The number of carbonyl (C=O) groups excluding carboxylic acids is 1. The van der Waals surface area contributed by atoms with Gasteiger partial charge in [-0.1, -0.05) is 36.4 Å². The van der Waals surface area contributed by atoms with Crippen molar-refractivity contribution in [1.29, 1.82) is 0 Å². The predicted octanol–water partition coefficient (Wildman–Crippen LogP) is 3.54. The number of nitrogens with one attached hydrogen (secondary N) is 1. The Labute approximate surface area is 150 Å². The van der Waals surface area contributed by atoms with E-state index in [0.29, 0.717) is 17.0 Å². The monoisotopic (exact) mass is 355 g/mol. The lowest BCUT2D eigenvalue weighted by Crippen LogP contribution is -2.31. The van der Waals surface area contributed by atoms with E-state index < -0.39 is 11.9 Å². The summed E-state index contributed by atoms with van der Waals surface area (Å²) in [5, 5.41) is 2.82. The molecule has 0 radical (unpaired) electrons. The van der Waals surface area contributed by atoms with Gasteiger partial charge in [0.05, 0.1) is 0 Å². The Balaban J connectivity index is 1.78. The number of halogens is 2. The number of hydrogen-bond donors (Lipinski definition) is 1. The summed E-state index contributed by atoms with van der Waals surface area (Å²) < 4.78 is 29.7. The minimum atomic E-state index is -0.718. The van der Waals surface area contributed by atoms with Crippen molar-refractivity contribution in [3.63, 3.8) is 0 Å². The lowest BCUT2D eigenvalue weighted by Gasteiger charge is -2.19. The van der Waals surface area contributed by atoms with Crippen LogP contribution >= 0.6 is 0 Å². The normalized spacial score (nSPS) is 12.0. The van der Waals surface area contributed by atoms with Crippen LogP contribution in [0.1, 0.15) is 29.4 Å². The zero-order valence-corrected chi connectivity index (χ0v) is 14.3. The highest BCUT2D eigenvalue weighted by Crippen LogP contribution is 2.23. The average molecular weight is 355 g/mol. The van der Waals surface area contributed by atoms with Gasteiger partial charge in [0, 0.05) is 31.4 Å². The third-order valence-electron chi connectivity index (χ3n) is 4.22. The van der Waals surface area contributed by atoms with E-state index in [1.165, 1.54) is 12.1 Å². The molecular formula is C20H19F2N3O. The van der Waals surface area contributed by atoms with Gasteiger partial charge >= 0.3 is 0 Å². The van der Waals surface area contributed by atoms with E-state index in [2.05, 4.69) is 10.3 Å². The molecule has 0 aliphatic heterocycles. The number of aryl methyl sites for hydroxylation is 2. The molecule has 0 spiro atoms. The molecule has 1 N–H and O–H groups in total. The summed E-state index contributed by atoms with van der Waals surface area (Å²) in [5.41, 5.74) is 0.808. The van der Waals surface area contributed by atoms with Crippen molar-refractivity contribution in [2.45, 2.75) is 18.9 Å². The van der Waals surface area contributed by atoms with Crippen LogP contribution in [0.15, 0.2) is 60.9 Å². The fourth-order valence-electron chi connectivity index (χ4n) is 2.83. The molecule has 0 aliphatic carbocycles. The van der Waals surface area contributed by atoms with Gasteiger partial charge in [-0.05, 0) is 24.1 Å². The molecule has 1 atom stereocenters. The fourth-order valence-corrected chi connectivity index (χ4v) is 2.83. The average Bonchev–Trinajstić information content (AvgIpc) is 3.05. The largest absolute Gasteiger partial charge is 0.342 e. The number of carbonyl (C=O) groups is 1. The van der Waals surface area contributed by atoms with Gasteiger partial charge in [0.15, 0.2) is 0 Å². The molecule has 26 heavy (non-hydrogen) atoms. The maximum atomic E-state index is 14.3. The van der Waals surface area contributed by atoms with E-state index in [-0.39, 0.29) is 24.6 Å². The van der Waals surface area contributed by atoms with Gasteiger partial charge < -0.3 is 9.88 Å². The summed E-state index contributed by atoms with van der Waals surface area (Å²) in [6.45, 7) is 0. The topological polar surface area (TPSA) is 46.9 Å². The number of benzene rings is 2. The van der Waals surface area contributed by atoms with Gasteiger partial charge in [-0.15, -0.1) is 0 Å². The molecule has 1 aromatic heterocycles. The van der Waals surface area contributed by atoms with Crippen molar-refractivity contribution >= 4 is 5.91 Å². The van der Waals surface area contributed by atoms with Crippen LogP contribution < -0.4 is 5.32 Å². The van der Waals surface area contributed by atoms with E-state index >= 15 is 0 Å². The first-order valence-corrected chi connectivity index (χ1v) is 8.30. The van der Waals surface area contributed by atoms with E-state index in [1.54, 1.807) is 60.4 Å². The Hall–Kier alpha value is -3.02. The summed E-state index contributed by atoms with van der Waals surface area (Å²) in [5.74, 6) is -0.538. The van der Waals surface area contributed by atoms with Crippen molar-refractivity contribution in [1.82, 2.24) is 14.9 Å². The molecule has 0 bridgehead atoms. The first kappa shape index (κ1) is 17.8. The van der Waals surface area contributed by atoms with E-state index in [1.807, 2.05) is 0 Å². The summed E-state index contributed by atoms with van der Waals surface area (Å²) in [6.07, 6.45) is 3.68. The number of rotatable bonds is 6. The highest BCUT2D eigenvalue weighted by Gasteiger charge is 2.23. The molecular weight excluding hydrogens is 336 g/mol. The van der Waals surface area contributed by atoms with E-state index in [4.69, 9.17) is 0 Å². The maximum absolute atomic E-state index is 14.3. The molecule has 3 rings (SSSR count). The number of amides is 1. The Morgan fingerprint density at radius 2 is 1.81 bits per heavy atom. The van der Waals surface area contributed by atoms with Crippen molar-refractivity contribution < 1.29 is 13.6 Å². The highest BCUT2D eigenvalue weighted by atomic mass is 19.1. The molecule has 4 nitrogen and oxygen atoms in total. The first-order chi connectivity index (χ1) is 12.6. The van der Waals surface area contributed by atoms with Gasteiger partial charge in [0.25, 0.3) is 0 Å². The highest BCUT2D eigenvalue weighted by molar-refractivity contribution is 5.77. The Kier molecular flexibility index (Phi) is 5.41. The fraction of sp³-hybridized carbons (Fsp3) is 0.200. The van der Waals surface area contributed by atoms with Crippen molar-refractivity contribution in [3.8, 4) is 0 Å². The van der Waals surface area contributed by atoms with Gasteiger partial charge in [0.1, 0.15) is 23.5 Å². The summed E-state index contributed by atoms with van der Waals surface area (Å²) in [4.78, 5) is 16.7. The smallest absolute Gasteiger partial charge is 0.221 e. The van der Waals surface area contributed by atoms with Crippen LogP contribution in [0.3, 0.4) is 0 Å². The number of hydrogen-bond acceptors (Lipinski definition) is 2. The first-order valence-electron chi connectivity index (χ1n) is 8.30. The van der Waals surface area contributed by atoms with Crippen molar-refractivity contribution in [2.75, 3.05) is 0 Å². The zero-order chi connectivity index (χ0) is 18.5. The molecule has 134 valence electrons. The van der Waals surface area contributed by atoms with Gasteiger partial charge in [-0.25, -0.2) is 13.8 Å². The minimum absolute atomic E-state index is 0.0936. The maximum Gasteiger partial charge on any atom is 0.221 e. The standard InChI is InChI=1S/C20H19F2N3O/c1-25-13-12-23-20(25)19(15-7-3-5-9-17(15)22)24-18(26)11-10-14-6-2-4-8-16(14)21/h2-9,12-13,19H,10-11H2,1H3,(H,24,26)/t19-/m0/s1. The Morgan fingerprint density at radius 1 is 1.12 bits per heavy atom. The second kappa shape index (κ2) is 7.91. The molecule has 0 saturated carbocycles. The lowest BCUT2D eigenvalue weighted by atomic mass is 10.0. The van der Waals surface area contributed by atoms with Crippen LogP contribution in [0.4, 0.5) is 8.78 Å². The summed E-state index contributed by atoms with van der Waals surface area (Å²) in [6, 6.07) is 11.9. The van der Waals surface area contributed by atoms with Crippen molar-refractivity contribution in [3.05, 3.63) is 89.5 Å². The van der Waals surface area contributed by atoms with Crippen LogP contribution in [-0.4, -0.2) is 15.5 Å². The molecule has 0 fully saturated rings. The SMILES string of the molecule is Cn1ccnc1[C@@H](NC(=O)CCc1ccccc1F)c1ccccc1F. The predicted molar refractivity (Wildman–Crippen MR) is 94.3 cm³/mol. The van der Waals surface area contributed by atoms with Crippen LogP contribution in [0.5, 0.6) is 0 Å². The summed E-state index contributed by atoms with van der Waals surface area (Å²) in [7, 11) is 1.78. The van der Waals surface area contributed by atoms with Crippen LogP contribution in [0.25, 0.3) is 0 Å². The van der Waals surface area contributed by atoms with Crippen LogP contribution in [-0.2, 0) is 18.3 Å². The lowest BCUT2D eigenvalue weighted by molar-refractivity contribution is -0.121. The van der Waals surface area contributed by atoms with E-state index in [9.17, 15) is 13.6 Å². The summed E-state index contributed by atoms with van der Waals surface area (Å²) >= 11 is 0. The minimum Gasteiger partial charge on any atom is -0.342 e. The van der Waals surface area contributed by atoms with Crippen LogP contribution in [0, 0.1) is 11.6 Å². The third-order valence-corrected chi connectivity index (χ3v) is 4.22. The zero-order valence-electron chi connectivity index (χ0n) is 14.3. The molecule has 0 aliphatic rings. The number of nitrogens with zero attached hydrogens (tertiary/aromatic N) is 2. The molecule has 6 heteroatoms. The second-order valence-electron chi connectivity index (χ2n) is 6.01. The van der Waals surface area contributed by atoms with Gasteiger partial charge in [-0.2, -0.15) is 0 Å². The van der Waals surface area contributed by atoms with Gasteiger partial charge in [-0.3, -0.25) is 4.79 Å². The molecule has 0 unspecified atom stereocenters. The molecule has 0 saturated heterocycles. The Bertz CT molecular complexity index is 907. The van der Waals surface area contributed by atoms with Crippen LogP contribution in [0.2, 0.25) is 0 Å².